The summed E-state index contributed by atoms with van der Waals surface area (Å²) >= 11 is 3.64. The largest absolute Gasteiger partial charge is 0.466 e. The average Bonchev–Trinajstić information content (AvgIpc) is 3.26. The number of piperidine rings is 1. The van der Waals surface area contributed by atoms with Crippen molar-refractivity contribution in [1.29, 1.82) is 0 Å². The van der Waals surface area contributed by atoms with Crippen LogP contribution in [0.3, 0.4) is 0 Å². The van der Waals surface area contributed by atoms with Crippen molar-refractivity contribution in [2.45, 2.75) is 38.0 Å². The Kier molecular flexibility index (Phi) is 4.54. The zero-order chi connectivity index (χ0) is 21.9. The molecule has 1 unspecified atom stereocenters. The highest BCUT2D eigenvalue weighted by atomic mass is 79.9. The van der Waals surface area contributed by atoms with Crippen LogP contribution in [-0.2, 0) is 4.79 Å². The van der Waals surface area contributed by atoms with Crippen LogP contribution in [0.25, 0.3) is 10.8 Å². The SMILES string of the molecule is CC(=O)N1CCC2(CC1)Oc1ccc(Br)cc1C1CC(c3cccc4ccccc34)=NN12. The first kappa shape index (κ1) is 19.8. The summed E-state index contributed by atoms with van der Waals surface area (Å²) in [6.45, 7) is 3.01. The van der Waals surface area contributed by atoms with Gasteiger partial charge in [-0.05, 0) is 29.0 Å². The van der Waals surface area contributed by atoms with Crippen LogP contribution in [0.5, 0.6) is 5.75 Å². The number of ether oxygens (including phenoxy) is 1. The predicted octanol–water partition coefficient (Wildman–Crippen LogP) is 5.48. The number of rotatable bonds is 1. The van der Waals surface area contributed by atoms with E-state index in [2.05, 4.69) is 75.5 Å². The smallest absolute Gasteiger partial charge is 0.219 e. The van der Waals surface area contributed by atoms with Gasteiger partial charge in [-0.1, -0.05) is 58.4 Å². The molecule has 0 bridgehead atoms. The van der Waals surface area contributed by atoms with Gasteiger partial charge in [0.2, 0.25) is 11.6 Å². The Morgan fingerprint density at radius 2 is 1.88 bits per heavy atom. The summed E-state index contributed by atoms with van der Waals surface area (Å²) in [5.41, 5.74) is 2.92. The number of fused-ring (bicyclic) bond motifs is 5. The lowest BCUT2D eigenvalue weighted by Crippen LogP contribution is -2.59. The monoisotopic (exact) mass is 489 g/mol. The van der Waals surface area contributed by atoms with Gasteiger partial charge in [-0.25, -0.2) is 5.01 Å². The van der Waals surface area contributed by atoms with Crippen molar-refractivity contribution in [1.82, 2.24) is 9.91 Å². The summed E-state index contributed by atoms with van der Waals surface area (Å²) in [5, 5.41) is 9.87. The number of hydrogen-bond donors (Lipinski definition) is 0. The minimum atomic E-state index is -0.524. The van der Waals surface area contributed by atoms with Gasteiger partial charge in [0.25, 0.3) is 0 Å². The lowest BCUT2D eigenvalue weighted by Gasteiger charge is -2.51. The number of carbonyl (C=O) groups is 1. The molecule has 1 spiro atoms. The van der Waals surface area contributed by atoms with Gasteiger partial charge in [0.1, 0.15) is 5.75 Å². The summed E-state index contributed by atoms with van der Waals surface area (Å²) in [7, 11) is 0. The second-order valence-corrected chi connectivity index (χ2v) is 9.79. The van der Waals surface area contributed by atoms with E-state index in [1.54, 1.807) is 6.92 Å². The maximum Gasteiger partial charge on any atom is 0.219 e. The standard InChI is InChI=1S/C26H24BrN3O2/c1-17(31)29-13-11-26(12-14-29)30-24(22-15-19(27)9-10-25(22)32-26)16-23(28-30)21-8-4-6-18-5-2-3-7-20(18)21/h2-10,15,24H,11-14,16H2,1H3. The molecule has 3 aromatic carbocycles. The van der Waals surface area contributed by atoms with Gasteiger partial charge in [0.05, 0.1) is 11.8 Å². The number of carbonyl (C=O) groups excluding carboxylic acids is 1. The Morgan fingerprint density at radius 3 is 2.69 bits per heavy atom. The van der Waals surface area contributed by atoms with Crippen LogP contribution in [0, 0.1) is 0 Å². The molecule has 0 radical (unpaired) electrons. The predicted molar refractivity (Wildman–Crippen MR) is 129 cm³/mol. The van der Waals surface area contributed by atoms with E-state index in [1.165, 1.54) is 16.3 Å². The Bertz CT molecular complexity index is 1260. The van der Waals surface area contributed by atoms with Gasteiger partial charge in [-0.2, -0.15) is 5.10 Å². The number of benzene rings is 3. The zero-order valence-electron chi connectivity index (χ0n) is 17.9. The van der Waals surface area contributed by atoms with Gasteiger partial charge in [-0.3, -0.25) is 4.79 Å². The highest BCUT2D eigenvalue weighted by Gasteiger charge is 2.52. The van der Waals surface area contributed by atoms with Gasteiger partial charge in [0.15, 0.2) is 0 Å². The second kappa shape index (κ2) is 7.34. The van der Waals surface area contributed by atoms with E-state index in [1.807, 2.05) is 11.0 Å². The molecule has 1 amide bonds. The Morgan fingerprint density at radius 1 is 1.09 bits per heavy atom. The molecule has 1 saturated heterocycles. The summed E-state index contributed by atoms with van der Waals surface area (Å²) in [5.74, 6) is 1.05. The van der Waals surface area contributed by atoms with Gasteiger partial charge in [-0.15, -0.1) is 0 Å². The Labute approximate surface area is 195 Å². The van der Waals surface area contributed by atoms with E-state index < -0.39 is 5.72 Å². The molecule has 0 aromatic heterocycles. The number of likely N-dealkylation sites (tertiary alicyclic amines) is 1. The molecule has 5 nitrogen and oxygen atoms in total. The third kappa shape index (κ3) is 3.04. The third-order valence-corrected chi connectivity index (χ3v) is 7.54. The fourth-order valence-corrected chi connectivity index (χ4v) is 5.77. The van der Waals surface area contributed by atoms with Crippen LogP contribution in [0.15, 0.2) is 70.2 Å². The maximum absolute atomic E-state index is 11.9. The van der Waals surface area contributed by atoms with Crippen molar-refractivity contribution in [2.75, 3.05) is 13.1 Å². The molecule has 6 rings (SSSR count). The molecule has 1 fully saturated rings. The van der Waals surface area contributed by atoms with E-state index in [0.717, 1.165) is 40.8 Å². The Hall–Kier alpha value is -2.86. The first-order valence-electron chi connectivity index (χ1n) is 11.1. The Balaban J connectivity index is 1.45. The van der Waals surface area contributed by atoms with Crippen LogP contribution < -0.4 is 4.74 Å². The average molecular weight is 490 g/mol. The van der Waals surface area contributed by atoms with Gasteiger partial charge in [0, 0.05) is 54.9 Å². The molecule has 3 heterocycles. The van der Waals surface area contributed by atoms with E-state index in [0.29, 0.717) is 13.1 Å². The molecule has 0 saturated carbocycles. The number of nitrogens with zero attached hydrogens (tertiary/aromatic N) is 3. The molecule has 0 N–H and O–H groups in total. The molecule has 3 aliphatic rings. The van der Waals surface area contributed by atoms with E-state index in [-0.39, 0.29) is 11.9 Å². The molecule has 0 aliphatic carbocycles. The summed E-state index contributed by atoms with van der Waals surface area (Å²) in [6.07, 6.45) is 2.31. The fraction of sp³-hybridized carbons (Fsp3) is 0.308. The van der Waals surface area contributed by atoms with Crippen molar-refractivity contribution >= 4 is 38.3 Å². The first-order valence-corrected chi connectivity index (χ1v) is 11.9. The minimum absolute atomic E-state index is 0.120. The van der Waals surface area contributed by atoms with Gasteiger partial charge < -0.3 is 9.64 Å². The van der Waals surface area contributed by atoms with Crippen molar-refractivity contribution in [3.8, 4) is 5.75 Å². The molecule has 3 aliphatic heterocycles. The molecular formula is C26H24BrN3O2. The van der Waals surface area contributed by atoms with E-state index in [4.69, 9.17) is 9.84 Å². The molecule has 3 aromatic rings. The highest BCUT2D eigenvalue weighted by molar-refractivity contribution is 9.10. The zero-order valence-corrected chi connectivity index (χ0v) is 19.5. The maximum atomic E-state index is 11.9. The topological polar surface area (TPSA) is 45.1 Å². The van der Waals surface area contributed by atoms with E-state index in [9.17, 15) is 4.79 Å². The lowest BCUT2D eigenvalue weighted by molar-refractivity contribution is -0.158. The van der Waals surface area contributed by atoms with Crippen LogP contribution in [-0.4, -0.2) is 40.3 Å². The summed E-state index contributed by atoms with van der Waals surface area (Å²) in [6, 6.07) is 21.3. The van der Waals surface area contributed by atoms with Crippen LogP contribution in [0.1, 0.15) is 43.4 Å². The normalized spacial score (nSPS) is 21.2. The second-order valence-electron chi connectivity index (χ2n) is 8.87. The molecule has 162 valence electrons. The first-order chi connectivity index (χ1) is 15.5. The summed E-state index contributed by atoms with van der Waals surface area (Å²) < 4.78 is 7.73. The van der Waals surface area contributed by atoms with Crippen molar-refractivity contribution in [2.24, 2.45) is 5.10 Å². The van der Waals surface area contributed by atoms with Crippen LogP contribution in [0.4, 0.5) is 0 Å². The minimum Gasteiger partial charge on any atom is -0.466 e. The van der Waals surface area contributed by atoms with Crippen LogP contribution in [0.2, 0.25) is 0 Å². The molecule has 6 heteroatoms. The van der Waals surface area contributed by atoms with Gasteiger partial charge >= 0.3 is 0 Å². The van der Waals surface area contributed by atoms with Crippen LogP contribution >= 0.6 is 15.9 Å². The molecular weight excluding hydrogens is 466 g/mol. The number of hydrogen-bond acceptors (Lipinski definition) is 4. The highest BCUT2D eigenvalue weighted by Crippen LogP contribution is 2.50. The quantitative estimate of drug-likeness (QED) is 0.454. The molecule has 1 atom stereocenters. The third-order valence-electron chi connectivity index (χ3n) is 7.05. The lowest BCUT2D eigenvalue weighted by atomic mass is 9.90. The van der Waals surface area contributed by atoms with E-state index >= 15 is 0 Å². The number of amides is 1. The van der Waals surface area contributed by atoms with Crippen molar-refractivity contribution in [3.63, 3.8) is 0 Å². The number of hydrazone groups is 1. The fourth-order valence-electron chi connectivity index (χ4n) is 5.39. The van der Waals surface area contributed by atoms with Crippen molar-refractivity contribution < 1.29 is 9.53 Å². The number of halogens is 1. The molecule has 32 heavy (non-hydrogen) atoms. The summed E-state index contributed by atoms with van der Waals surface area (Å²) in [4.78, 5) is 13.8. The van der Waals surface area contributed by atoms with Crippen molar-refractivity contribution in [3.05, 3.63) is 76.3 Å².